The van der Waals surface area contributed by atoms with Crippen LogP contribution in [-0.2, 0) is 11.2 Å². The molecule has 2 N–H and O–H groups in total. The largest absolute Gasteiger partial charge is 0.372 e. The minimum atomic E-state index is 0.223. The fourth-order valence-corrected chi connectivity index (χ4v) is 3.96. The summed E-state index contributed by atoms with van der Waals surface area (Å²) in [7, 11) is 0. The first-order valence-electron chi connectivity index (χ1n) is 8.23. The van der Waals surface area contributed by atoms with Crippen LogP contribution in [-0.4, -0.2) is 17.7 Å². The van der Waals surface area contributed by atoms with Gasteiger partial charge in [-0.3, -0.25) is 0 Å². The van der Waals surface area contributed by atoms with E-state index in [0.717, 1.165) is 12.8 Å². The summed E-state index contributed by atoms with van der Waals surface area (Å²) < 4.78 is 6.42. The van der Waals surface area contributed by atoms with Crippen molar-refractivity contribution in [2.24, 2.45) is 5.73 Å². The van der Waals surface area contributed by atoms with Gasteiger partial charge in [-0.15, -0.1) is 0 Å². The Morgan fingerprint density at radius 2 is 1.85 bits per heavy atom. The van der Waals surface area contributed by atoms with Crippen molar-refractivity contribution in [1.29, 1.82) is 0 Å². The summed E-state index contributed by atoms with van der Waals surface area (Å²) in [6.45, 7) is 0. The van der Waals surface area contributed by atoms with Crippen molar-refractivity contribution in [2.75, 3.05) is 0 Å². The summed E-state index contributed by atoms with van der Waals surface area (Å²) in [6.07, 6.45) is 11.5. The van der Waals surface area contributed by atoms with E-state index in [1.165, 1.54) is 50.5 Å². The second-order valence-electron chi connectivity index (χ2n) is 6.71. The first-order valence-corrected chi connectivity index (χ1v) is 8.23. The van der Waals surface area contributed by atoms with Crippen LogP contribution in [0.5, 0.6) is 0 Å². The van der Waals surface area contributed by atoms with Crippen LogP contribution in [0.15, 0.2) is 30.3 Å². The second kappa shape index (κ2) is 6.28. The molecule has 1 heterocycles. The van der Waals surface area contributed by atoms with Crippen molar-refractivity contribution in [3.63, 3.8) is 0 Å². The highest BCUT2D eigenvalue weighted by Gasteiger charge is 2.40. The molecule has 20 heavy (non-hydrogen) atoms. The quantitative estimate of drug-likeness (QED) is 0.905. The maximum absolute atomic E-state index is 6.42. The van der Waals surface area contributed by atoms with E-state index in [0.29, 0.717) is 6.10 Å². The monoisotopic (exact) mass is 273 g/mol. The Bertz CT molecular complexity index is 411. The van der Waals surface area contributed by atoms with Crippen molar-refractivity contribution in [2.45, 2.75) is 75.5 Å². The van der Waals surface area contributed by atoms with Crippen LogP contribution in [0.2, 0.25) is 0 Å². The first kappa shape index (κ1) is 14.1. The van der Waals surface area contributed by atoms with Crippen molar-refractivity contribution in [1.82, 2.24) is 0 Å². The lowest BCUT2D eigenvalue weighted by atomic mass is 9.83. The third-order valence-corrected chi connectivity index (χ3v) is 5.01. The van der Waals surface area contributed by atoms with E-state index >= 15 is 0 Å². The van der Waals surface area contributed by atoms with E-state index in [-0.39, 0.29) is 11.6 Å². The molecule has 2 atom stereocenters. The van der Waals surface area contributed by atoms with Gasteiger partial charge in [0.1, 0.15) is 0 Å². The minimum absolute atomic E-state index is 0.223. The average Bonchev–Trinajstić information content (AvgIpc) is 2.83. The lowest BCUT2D eigenvalue weighted by molar-refractivity contribution is -0.0670. The summed E-state index contributed by atoms with van der Waals surface area (Å²) in [6, 6.07) is 10.8. The van der Waals surface area contributed by atoms with Crippen LogP contribution >= 0.6 is 0 Å². The molecule has 1 aromatic carbocycles. The number of ether oxygens (including phenoxy) is 1. The standard InChI is InChI=1S/C18H27NO/c19-16(13-15-7-3-1-4-8-15)14-17-9-12-18(20-17)10-5-2-6-11-18/h1,3-4,7-8,16-17H,2,5-6,9-14,19H2. The topological polar surface area (TPSA) is 35.2 Å². The molecule has 110 valence electrons. The highest BCUT2D eigenvalue weighted by Crippen LogP contribution is 2.42. The molecule has 0 amide bonds. The number of rotatable bonds is 4. The molecule has 2 nitrogen and oxygen atoms in total. The highest BCUT2D eigenvalue weighted by molar-refractivity contribution is 5.15. The summed E-state index contributed by atoms with van der Waals surface area (Å²) in [5, 5.41) is 0. The Morgan fingerprint density at radius 3 is 2.60 bits per heavy atom. The Labute approximate surface area is 122 Å². The summed E-state index contributed by atoms with van der Waals surface area (Å²) in [5.74, 6) is 0. The molecule has 0 radical (unpaired) electrons. The van der Waals surface area contributed by atoms with Crippen LogP contribution in [0.25, 0.3) is 0 Å². The van der Waals surface area contributed by atoms with E-state index in [1.807, 2.05) is 0 Å². The Kier molecular flexibility index (Phi) is 4.42. The van der Waals surface area contributed by atoms with Gasteiger partial charge in [-0.1, -0.05) is 49.6 Å². The van der Waals surface area contributed by atoms with Crippen LogP contribution in [0, 0.1) is 0 Å². The molecule has 0 bridgehead atoms. The third-order valence-electron chi connectivity index (χ3n) is 5.01. The van der Waals surface area contributed by atoms with Crippen molar-refractivity contribution in [3.05, 3.63) is 35.9 Å². The van der Waals surface area contributed by atoms with E-state index < -0.39 is 0 Å². The molecule has 0 aromatic heterocycles. The smallest absolute Gasteiger partial charge is 0.0687 e. The van der Waals surface area contributed by atoms with Crippen LogP contribution < -0.4 is 5.73 Å². The maximum atomic E-state index is 6.42. The molecule has 1 aliphatic carbocycles. The van der Waals surface area contributed by atoms with Gasteiger partial charge in [0.05, 0.1) is 11.7 Å². The predicted octanol–water partition coefficient (Wildman–Crippen LogP) is 3.83. The zero-order valence-corrected chi connectivity index (χ0v) is 12.4. The van der Waals surface area contributed by atoms with Crippen LogP contribution in [0.1, 0.15) is 56.9 Å². The average molecular weight is 273 g/mol. The van der Waals surface area contributed by atoms with Gasteiger partial charge in [-0.05, 0) is 44.1 Å². The molecule has 1 aromatic rings. The second-order valence-corrected chi connectivity index (χ2v) is 6.71. The summed E-state index contributed by atoms with van der Waals surface area (Å²) in [5.41, 5.74) is 7.89. The van der Waals surface area contributed by atoms with Gasteiger partial charge in [-0.25, -0.2) is 0 Å². The molecule has 1 aliphatic heterocycles. The predicted molar refractivity (Wildman–Crippen MR) is 82.7 cm³/mol. The minimum Gasteiger partial charge on any atom is -0.372 e. The number of hydrogen-bond donors (Lipinski definition) is 1. The number of hydrogen-bond acceptors (Lipinski definition) is 2. The Hall–Kier alpha value is -0.860. The van der Waals surface area contributed by atoms with Crippen molar-refractivity contribution in [3.8, 4) is 0 Å². The van der Waals surface area contributed by atoms with Gasteiger partial charge in [0.15, 0.2) is 0 Å². The first-order chi connectivity index (χ1) is 9.76. The summed E-state index contributed by atoms with van der Waals surface area (Å²) >= 11 is 0. The van der Waals surface area contributed by atoms with Gasteiger partial charge >= 0.3 is 0 Å². The maximum Gasteiger partial charge on any atom is 0.0687 e. The zero-order chi connectivity index (χ0) is 13.8. The van der Waals surface area contributed by atoms with Gasteiger partial charge < -0.3 is 10.5 Å². The van der Waals surface area contributed by atoms with Gasteiger partial charge in [0.25, 0.3) is 0 Å². The van der Waals surface area contributed by atoms with E-state index in [9.17, 15) is 0 Å². The Morgan fingerprint density at radius 1 is 1.10 bits per heavy atom. The molecule has 1 saturated carbocycles. The molecule has 2 fully saturated rings. The Balaban J connectivity index is 1.49. The normalized spacial score (nSPS) is 26.8. The SMILES string of the molecule is NC(Cc1ccccc1)CC1CCC2(CCCCC2)O1. The number of benzene rings is 1. The van der Waals surface area contributed by atoms with Gasteiger partial charge in [-0.2, -0.15) is 0 Å². The van der Waals surface area contributed by atoms with E-state index in [2.05, 4.69) is 30.3 Å². The fraction of sp³-hybridized carbons (Fsp3) is 0.667. The molecular weight excluding hydrogens is 246 g/mol. The van der Waals surface area contributed by atoms with E-state index in [1.54, 1.807) is 0 Å². The highest BCUT2D eigenvalue weighted by atomic mass is 16.5. The molecule has 2 unspecified atom stereocenters. The molecule has 3 rings (SSSR count). The van der Waals surface area contributed by atoms with Gasteiger partial charge in [0, 0.05) is 6.04 Å². The van der Waals surface area contributed by atoms with E-state index in [4.69, 9.17) is 10.5 Å². The lowest BCUT2D eigenvalue weighted by Gasteiger charge is -2.33. The van der Waals surface area contributed by atoms with Crippen LogP contribution in [0.4, 0.5) is 0 Å². The molecular formula is C18H27NO. The molecule has 2 aliphatic rings. The molecule has 1 saturated heterocycles. The fourth-order valence-electron chi connectivity index (χ4n) is 3.96. The van der Waals surface area contributed by atoms with Crippen LogP contribution in [0.3, 0.4) is 0 Å². The molecule has 2 heteroatoms. The molecule has 1 spiro atoms. The zero-order valence-electron chi connectivity index (χ0n) is 12.4. The summed E-state index contributed by atoms with van der Waals surface area (Å²) in [4.78, 5) is 0. The van der Waals surface area contributed by atoms with Crippen molar-refractivity contribution >= 4 is 0 Å². The number of nitrogens with two attached hydrogens (primary N) is 1. The third kappa shape index (κ3) is 3.42. The van der Waals surface area contributed by atoms with Gasteiger partial charge in [0.2, 0.25) is 0 Å². The lowest BCUT2D eigenvalue weighted by Crippen LogP contribution is -2.34. The van der Waals surface area contributed by atoms with Crippen molar-refractivity contribution < 1.29 is 4.74 Å².